The number of thiophene rings is 1. The summed E-state index contributed by atoms with van der Waals surface area (Å²) in [4.78, 5) is 29.5. The maximum absolute atomic E-state index is 15.8. The van der Waals surface area contributed by atoms with E-state index in [2.05, 4.69) is 31.8 Å². The molecule has 0 unspecified atom stereocenters. The van der Waals surface area contributed by atoms with E-state index in [4.69, 9.17) is 14.6 Å². The lowest BCUT2D eigenvalue weighted by atomic mass is 9.95. The second kappa shape index (κ2) is 12.2. The molecule has 0 atom stereocenters. The molecule has 228 valence electrons. The molecule has 2 aromatic carbocycles. The van der Waals surface area contributed by atoms with Gasteiger partial charge in [0.15, 0.2) is 11.6 Å². The number of carbonyl (C=O) groups excluding carboxylic acids is 1. The van der Waals surface area contributed by atoms with Gasteiger partial charge < -0.3 is 20.4 Å². The number of carbonyl (C=O) groups is 1. The minimum absolute atomic E-state index is 0.000338. The van der Waals surface area contributed by atoms with E-state index in [1.807, 2.05) is 31.2 Å². The second-order valence-electron chi connectivity index (χ2n) is 10.3. The highest BCUT2D eigenvalue weighted by atomic mass is 32.1. The quantitative estimate of drug-likeness (QED) is 0.178. The third kappa shape index (κ3) is 5.67. The number of nitrogens with two attached hydrogens (primary N) is 1. The van der Waals surface area contributed by atoms with Gasteiger partial charge in [0.1, 0.15) is 11.9 Å². The highest BCUT2D eigenvalue weighted by molar-refractivity contribution is 7.23. The van der Waals surface area contributed by atoms with Crippen molar-refractivity contribution in [1.29, 1.82) is 5.26 Å². The summed E-state index contributed by atoms with van der Waals surface area (Å²) in [5.74, 6) is -1.18. The number of aromatic nitrogens is 5. The molecule has 46 heavy (non-hydrogen) atoms. The van der Waals surface area contributed by atoms with E-state index in [1.165, 1.54) is 48.1 Å². The lowest BCUT2D eigenvalue weighted by Crippen LogP contribution is -2.19. The number of halogens is 1. The van der Waals surface area contributed by atoms with Crippen LogP contribution in [0.2, 0.25) is 0 Å². The maximum atomic E-state index is 15.8. The van der Waals surface area contributed by atoms with Crippen molar-refractivity contribution >= 4 is 33.1 Å². The number of amides is 1. The molecule has 0 aliphatic heterocycles. The van der Waals surface area contributed by atoms with Gasteiger partial charge in [0, 0.05) is 63.3 Å². The molecule has 0 spiro atoms. The Hall–Kier alpha value is -5.93. The Morgan fingerprint density at radius 2 is 2.07 bits per heavy atom. The number of imidazole rings is 1. The summed E-state index contributed by atoms with van der Waals surface area (Å²) in [6.45, 7) is 4.82. The van der Waals surface area contributed by atoms with Gasteiger partial charge in [0.05, 0.1) is 10.4 Å². The fourth-order valence-corrected chi connectivity index (χ4v) is 6.46. The molecule has 3 N–H and O–H groups in total. The minimum atomic E-state index is -2.64. The van der Waals surface area contributed by atoms with Crippen molar-refractivity contribution in [1.82, 2.24) is 29.8 Å². The Kier molecular flexibility index (Phi) is 7.03. The molecule has 0 radical (unpaired) electrons. The third-order valence-electron chi connectivity index (χ3n) is 7.21. The van der Waals surface area contributed by atoms with E-state index in [0.29, 0.717) is 32.5 Å². The molecular weight excluding hydrogens is 603 g/mol. The molecule has 0 fully saturated rings. The zero-order valence-electron chi connectivity index (χ0n) is 27.6. The number of nitrogens with one attached hydrogen (secondary N) is 1. The smallest absolute Gasteiger partial charge is 0.322 e. The number of hydrogen-bond donors (Lipinski definition) is 2. The summed E-state index contributed by atoms with van der Waals surface area (Å²) < 4.78 is 46.4. The predicted octanol–water partition coefficient (Wildman–Crippen LogP) is 6.63. The van der Waals surface area contributed by atoms with Gasteiger partial charge in [-0.25, -0.2) is 24.3 Å². The zero-order chi connectivity index (χ0) is 35.0. The van der Waals surface area contributed by atoms with Crippen LogP contribution in [0.3, 0.4) is 0 Å². The molecule has 0 saturated heterocycles. The molecule has 0 aliphatic carbocycles. The van der Waals surface area contributed by atoms with Crippen LogP contribution in [0, 0.1) is 31.0 Å². The van der Waals surface area contributed by atoms with Gasteiger partial charge in [0.2, 0.25) is 11.7 Å². The Morgan fingerprint density at radius 1 is 1.22 bits per heavy atom. The van der Waals surface area contributed by atoms with Crippen molar-refractivity contribution < 1.29 is 18.0 Å². The number of fused-ring (bicyclic) bond motifs is 1. The number of anilines is 1. The van der Waals surface area contributed by atoms with Crippen molar-refractivity contribution in [3.63, 3.8) is 0 Å². The lowest BCUT2D eigenvalue weighted by Gasteiger charge is -2.12. The molecule has 0 saturated carbocycles. The first-order valence-electron chi connectivity index (χ1n) is 15.4. The molecule has 4 heterocycles. The van der Waals surface area contributed by atoms with Crippen LogP contribution < -0.4 is 15.8 Å². The summed E-state index contributed by atoms with van der Waals surface area (Å²) >= 11 is 1.34. The Bertz CT molecular complexity index is 2330. The first-order chi connectivity index (χ1) is 23.4. The Morgan fingerprint density at radius 3 is 2.76 bits per heavy atom. The molecule has 6 aromatic rings. The molecular formula is C34H27FN8O2S. The zero-order valence-corrected chi connectivity index (χ0v) is 25.4. The summed E-state index contributed by atoms with van der Waals surface area (Å²) in [5.41, 5.74) is 11.4. The average molecular weight is 634 g/mol. The molecule has 0 aliphatic rings. The van der Waals surface area contributed by atoms with E-state index in [1.54, 1.807) is 19.1 Å². The van der Waals surface area contributed by atoms with Crippen LogP contribution in [0.25, 0.3) is 42.9 Å². The van der Waals surface area contributed by atoms with Gasteiger partial charge in [-0.2, -0.15) is 5.26 Å². The van der Waals surface area contributed by atoms with Crippen molar-refractivity contribution in [2.75, 3.05) is 5.73 Å². The van der Waals surface area contributed by atoms with Crippen LogP contribution in [0.5, 0.6) is 11.8 Å². The second-order valence-corrected chi connectivity index (χ2v) is 11.3. The molecule has 6 rings (SSSR count). The lowest BCUT2D eigenvalue weighted by molar-refractivity contribution is -0.116. The van der Waals surface area contributed by atoms with Crippen molar-refractivity contribution in [2.45, 2.75) is 20.4 Å². The van der Waals surface area contributed by atoms with Crippen LogP contribution in [-0.2, 0) is 18.3 Å². The SMILES string of the molecule is [2H]C([2H])([2H])n1cc(-c2cnc(N)c3c(-c4ccc(Oc5nccc(C)n5)c(F)c4)c(-c4ccc(CNC(=O)C=C)cc4C)sc23)nc1C#N. The number of ether oxygens (including phenoxy) is 1. The van der Waals surface area contributed by atoms with Crippen LogP contribution in [0.15, 0.2) is 73.7 Å². The molecule has 4 aromatic heterocycles. The summed E-state index contributed by atoms with van der Waals surface area (Å²) in [6, 6.07) is 13.8. The Balaban J connectivity index is 1.56. The average Bonchev–Trinajstić information content (AvgIpc) is 3.68. The van der Waals surface area contributed by atoms with E-state index >= 15 is 4.39 Å². The van der Waals surface area contributed by atoms with Crippen molar-refractivity contribution in [3.8, 4) is 50.7 Å². The van der Waals surface area contributed by atoms with Crippen LogP contribution in [0.4, 0.5) is 10.2 Å². The first-order valence-corrected chi connectivity index (χ1v) is 14.7. The minimum Gasteiger partial charge on any atom is -0.421 e. The van der Waals surface area contributed by atoms with Crippen LogP contribution in [-0.4, -0.2) is 30.4 Å². The fraction of sp³-hybridized carbons (Fsp3) is 0.118. The highest BCUT2D eigenvalue weighted by Gasteiger charge is 2.24. The molecule has 0 bridgehead atoms. The summed E-state index contributed by atoms with van der Waals surface area (Å²) in [7, 11) is 0. The number of rotatable bonds is 8. The fourth-order valence-electron chi connectivity index (χ4n) is 5.02. The Labute approximate surface area is 271 Å². The van der Waals surface area contributed by atoms with E-state index in [9.17, 15) is 10.1 Å². The molecule has 10 nitrogen and oxygen atoms in total. The number of pyridine rings is 1. The third-order valence-corrected chi connectivity index (χ3v) is 8.46. The normalized spacial score (nSPS) is 12.2. The first kappa shape index (κ1) is 26.5. The molecule has 12 heteroatoms. The number of aryl methyl sites for hydroxylation is 3. The summed E-state index contributed by atoms with van der Waals surface area (Å²) in [6.07, 6.45) is 5.48. The number of nitriles is 1. The number of nitrogen functional groups attached to an aromatic ring is 1. The van der Waals surface area contributed by atoms with E-state index in [-0.39, 0.29) is 41.5 Å². The van der Waals surface area contributed by atoms with Crippen molar-refractivity contribution in [3.05, 3.63) is 102 Å². The van der Waals surface area contributed by atoms with Crippen LogP contribution in [0.1, 0.15) is 26.8 Å². The number of benzene rings is 2. The van der Waals surface area contributed by atoms with E-state index < -0.39 is 12.8 Å². The highest BCUT2D eigenvalue weighted by Crippen LogP contribution is 2.50. The summed E-state index contributed by atoms with van der Waals surface area (Å²) in [5, 5.41) is 12.9. The van der Waals surface area contributed by atoms with Gasteiger partial charge in [0.25, 0.3) is 0 Å². The topological polar surface area (TPSA) is 145 Å². The van der Waals surface area contributed by atoms with Crippen molar-refractivity contribution in [2.24, 2.45) is 6.98 Å². The molecule has 1 amide bonds. The standard InChI is InChI=1S/C34H27FN8O2S/c1-5-28(44)39-15-20-6-8-22(18(2)12-20)31-29(21-7-9-26(24(35)13-21)45-34-38-11-10-19(3)41-34)30-32(46-31)23(16-40-33(30)37)25-17-43(4)27(14-36)42-25/h5-13,16-17H,1,15H2,2-4H3,(H2,37,40)(H,39,44)/i4D3. The van der Waals surface area contributed by atoms with E-state index in [0.717, 1.165) is 26.1 Å². The van der Waals surface area contributed by atoms with Gasteiger partial charge in [-0.05, 0) is 60.4 Å². The van der Waals surface area contributed by atoms with Gasteiger partial charge >= 0.3 is 6.01 Å². The van der Waals surface area contributed by atoms with Crippen LogP contribution >= 0.6 is 11.3 Å². The monoisotopic (exact) mass is 633 g/mol. The van der Waals surface area contributed by atoms with Gasteiger partial charge in [-0.3, -0.25) is 4.79 Å². The number of nitrogens with zero attached hydrogens (tertiary/aromatic N) is 6. The predicted molar refractivity (Wildman–Crippen MR) is 175 cm³/mol. The maximum Gasteiger partial charge on any atom is 0.322 e. The largest absolute Gasteiger partial charge is 0.421 e. The van der Waals surface area contributed by atoms with Gasteiger partial charge in [-0.1, -0.05) is 30.8 Å². The number of hydrogen-bond acceptors (Lipinski definition) is 9. The van der Waals surface area contributed by atoms with Gasteiger partial charge in [-0.15, -0.1) is 11.3 Å².